The van der Waals surface area contributed by atoms with Gasteiger partial charge in [-0.05, 0) is 37.9 Å². The van der Waals surface area contributed by atoms with E-state index in [2.05, 4.69) is 25.1 Å². The zero-order valence-corrected chi connectivity index (χ0v) is 16.4. The summed E-state index contributed by atoms with van der Waals surface area (Å²) in [5, 5.41) is 4.15. The number of ether oxygens (including phenoxy) is 1. The molecule has 0 aliphatic carbocycles. The Hall–Kier alpha value is -1.77. The largest absolute Gasteiger partial charge is 0.379 e. The Balaban J connectivity index is 1.18. The van der Waals surface area contributed by atoms with Crippen molar-refractivity contribution in [3.05, 3.63) is 18.3 Å². The summed E-state index contributed by atoms with van der Waals surface area (Å²) in [5.74, 6) is 0.333. The van der Waals surface area contributed by atoms with Gasteiger partial charge in [0, 0.05) is 44.8 Å². The maximum Gasteiger partial charge on any atom is 0.223 e. The van der Waals surface area contributed by atoms with Crippen LogP contribution in [-0.4, -0.2) is 73.3 Å². The third kappa shape index (κ3) is 4.75. The molecule has 27 heavy (non-hydrogen) atoms. The van der Waals surface area contributed by atoms with E-state index in [0.717, 1.165) is 87.2 Å². The summed E-state index contributed by atoms with van der Waals surface area (Å²) in [6.45, 7) is 7.23. The molecule has 1 amide bonds. The monoisotopic (exact) mass is 389 g/mol. The number of carbonyl (C=O) groups excluding carboxylic acids is 1. The Morgan fingerprint density at radius 3 is 2.85 bits per heavy atom. The van der Waals surface area contributed by atoms with Crippen molar-refractivity contribution in [1.29, 1.82) is 0 Å². The highest BCUT2D eigenvalue weighted by atomic mass is 32.1. The van der Waals surface area contributed by atoms with E-state index < -0.39 is 0 Å². The molecule has 0 saturated carbocycles. The second-order valence-electron chi connectivity index (χ2n) is 7.18. The second kappa shape index (κ2) is 8.95. The lowest BCUT2D eigenvalue weighted by molar-refractivity contribution is -0.125. The molecule has 2 aromatic rings. The van der Waals surface area contributed by atoms with E-state index in [9.17, 15) is 4.79 Å². The summed E-state index contributed by atoms with van der Waals surface area (Å²) < 4.78 is 5.36. The number of thiazole rings is 1. The van der Waals surface area contributed by atoms with E-state index in [1.807, 2.05) is 12.1 Å². The molecule has 0 unspecified atom stereocenters. The van der Waals surface area contributed by atoms with Gasteiger partial charge in [-0.2, -0.15) is 0 Å². The van der Waals surface area contributed by atoms with Crippen LogP contribution in [-0.2, 0) is 9.53 Å². The van der Waals surface area contributed by atoms with Gasteiger partial charge in [0.15, 0.2) is 5.13 Å². The summed E-state index contributed by atoms with van der Waals surface area (Å²) in [6, 6.07) is 3.92. The first-order valence-corrected chi connectivity index (χ1v) is 10.7. The van der Waals surface area contributed by atoms with Crippen LogP contribution >= 0.6 is 11.3 Å². The summed E-state index contributed by atoms with van der Waals surface area (Å²) in [6.07, 6.45) is 4.58. The van der Waals surface area contributed by atoms with Crippen molar-refractivity contribution in [2.45, 2.75) is 19.3 Å². The van der Waals surface area contributed by atoms with Crippen LogP contribution in [0.15, 0.2) is 18.3 Å². The van der Waals surface area contributed by atoms with Crippen molar-refractivity contribution < 1.29 is 9.53 Å². The Bertz CT molecular complexity index is 720. The van der Waals surface area contributed by atoms with Crippen molar-refractivity contribution in [1.82, 2.24) is 20.2 Å². The Morgan fingerprint density at radius 2 is 2.07 bits per heavy atom. The highest BCUT2D eigenvalue weighted by Gasteiger charge is 2.26. The molecular weight excluding hydrogens is 362 g/mol. The fourth-order valence-corrected chi connectivity index (χ4v) is 4.67. The van der Waals surface area contributed by atoms with Crippen LogP contribution in [0.5, 0.6) is 0 Å². The minimum absolute atomic E-state index is 0.122. The third-order valence-corrected chi connectivity index (χ3v) is 6.39. The molecule has 8 heteroatoms. The van der Waals surface area contributed by atoms with E-state index in [4.69, 9.17) is 4.74 Å². The Morgan fingerprint density at radius 1 is 1.26 bits per heavy atom. The van der Waals surface area contributed by atoms with Crippen LogP contribution in [0.3, 0.4) is 0 Å². The number of hydrogen-bond acceptors (Lipinski definition) is 7. The van der Waals surface area contributed by atoms with Crippen molar-refractivity contribution in [3.8, 4) is 0 Å². The van der Waals surface area contributed by atoms with E-state index >= 15 is 0 Å². The molecule has 4 heterocycles. The maximum atomic E-state index is 12.4. The first-order valence-electron chi connectivity index (χ1n) is 9.84. The molecule has 0 atom stereocenters. The number of anilines is 1. The summed E-state index contributed by atoms with van der Waals surface area (Å²) in [5.41, 5.74) is 0.956. The first kappa shape index (κ1) is 18.6. The normalized spacial score (nSPS) is 19.5. The number of carbonyl (C=O) groups is 1. The minimum atomic E-state index is 0.122. The fourth-order valence-electron chi connectivity index (χ4n) is 3.71. The van der Waals surface area contributed by atoms with Crippen molar-refractivity contribution in [2.75, 3.05) is 57.4 Å². The lowest BCUT2D eigenvalue weighted by atomic mass is 9.96. The average molecular weight is 390 g/mol. The number of aromatic nitrogens is 2. The van der Waals surface area contributed by atoms with Gasteiger partial charge in [0.2, 0.25) is 5.91 Å². The number of hydrogen-bond donors (Lipinski definition) is 1. The summed E-state index contributed by atoms with van der Waals surface area (Å²) in [7, 11) is 0. The van der Waals surface area contributed by atoms with Crippen LogP contribution in [0.25, 0.3) is 10.3 Å². The molecule has 2 saturated heterocycles. The summed E-state index contributed by atoms with van der Waals surface area (Å²) >= 11 is 1.63. The van der Waals surface area contributed by atoms with Gasteiger partial charge in [0.05, 0.1) is 13.2 Å². The molecule has 0 bridgehead atoms. The van der Waals surface area contributed by atoms with Crippen LogP contribution in [0, 0.1) is 5.92 Å². The van der Waals surface area contributed by atoms with E-state index in [-0.39, 0.29) is 11.8 Å². The topological polar surface area (TPSA) is 70.6 Å². The number of morpholine rings is 1. The number of piperidine rings is 1. The van der Waals surface area contributed by atoms with Gasteiger partial charge >= 0.3 is 0 Å². The molecule has 0 spiro atoms. The standard InChI is InChI=1S/C19H27N5O2S/c25-17(20-7-2-8-23-11-13-26-14-12-23)15-4-9-24(10-5-15)19-22-16-3-1-6-21-18(16)27-19/h1,3,6,15H,2,4-5,7-14H2,(H,20,25). The number of nitrogens with one attached hydrogen (secondary N) is 1. The van der Waals surface area contributed by atoms with E-state index in [1.54, 1.807) is 17.5 Å². The van der Waals surface area contributed by atoms with E-state index in [1.165, 1.54) is 0 Å². The molecule has 0 aromatic carbocycles. The van der Waals surface area contributed by atoms with Gasteiger partial charge < -0.3 is 15.0 Å². The Kier molecular flexibility index (Phi) is 6.16. The molecule has 7 nitrogen and oxygen atoms in total. The lowest BCUT2D eigenvalue weighted by Crippen LogP contribution is -2.41. The first-order chi connectivity index (χ1) is 13.3. The van der Waals surface area contributed by atoms with Gasteiger partial charge in [-0.15, -0.1) is 0 Å². The molecule has 146 valence electrons. The number of pyridine rings is 1. The fraction of sp³-hybridized carbons (Fsp3) is 0.632. The number of fused-ring (bicyclic) bond motifs is 1. The SMILES string of the molecule is O=C(NCCCN1CCOCC1)C1CCN(c2nc3cccnc3s2)CC1. The zero-order chi connectivity index (χ0) is 18.5. The summed E-state index contributed by atoms with van der Waals surface area (Å²) in [4.78, 5) is 27.2. The smallest absolute Gasteiger partial charge is 0.223 e. The molecule has 2 aromatic heterocycles. The zero-order valence-electron chi connectivity index (χ0n) is 15.6. The molecule has 2 fully saturated rings. The maximum absolute atomic E-state index is 12.4. The molecule has 4 rings (SSSR count). The average Bonchev–Trinajstić information content (AvgIpc) is 3.16. The highest BCUT2D eigenvalue weighted by molar-refractivity contribution is 7.21. The lowest BCUT2D eigenvalue weighted by Gasteiger charge is -2.31. The number of rotatable bonds is 6. The van der Waals surface area contributed by atoms with Crippen LogP contribution in [0.4, 0.5) is 5.13 Å². The van der Waals surface area contributed by atoms with Crippen molar-refractivity contribution >= 4 is 32.7 Å². The second-order valence-corrected chi connectivity index (χ2v) is 8.14. The van der Waals surface area contributed by atoms with Gasteiger partial charge in [0.25, 0.3) is 0 Å². The molecule has 2 aliphatic rings. The number of nitrogens with zero attached hydrogens (tertiary/aromatic N) is 4. The third-order valence-electron chi connectivity index (χ3n) is 5.35. The predicted molar refractivity (Wildman–Crippen MR) is 107 cm³/mol. The molecule has 2 aliphatic heterocycles. The number of amides is 1. The Labute approximate surface area is 163 Å². The minimum Gasteiger partial charge on any atom is -0.379 e. The highest BCUT2D eigenvalue weighted by Crippen LogP contribution is 2.30. The van der Waals surface area contributed by atoms with Crippen LogP contribution in [0.1, 0.15) is 19.3 Å². The van der Waals surface area contributed by atoms with E-state index in [0.29, 0.717) is 0 Å². The van der Waals surface area contributed by atoms with Crippen LogP contribution in [0.2, 0.25) is 0 Å². The van der Waals surface area contributed by atoms with Gasteiger partial charge in [-0.3, -0.25) is 9.69 Å². The van der Waals surface area contributed by atoms with Crippen molar-refractivity contribution in [3.63, 3.8) is 0 Å². The van der Waals surface area contributed by atoms with Gasteiger partial charge in [-0.1, -0.05) is 11.3 Å². The van der Waals surface area contributed by atoms with Crippen LogP contribution < -0.4 is 10.2 Å². The van der Waals surface area contributed by atoms with Gasteiger partial charge in [0.1, 0.15) is 10.3 Å². The quantitative estimate of drug-likeness (QED) is 0.759. The van der Waals surface area contributed by atoms with Gasteiger partial charge in [-0.25, -0.2) is 9.97 Å². The molecule has 1 N–H and O–H groups in total. The molecular formula is C19H27N5O2S. The predicted octanol–water partition coefficient (Wildman–Crippen LogP) is 1.75. The van der Waals surface area contributed by atoms with Crippen molar-refractivity contribution in [2.24, 2.45) is 5.92 Å². The molecule has 0 radical (unpaired) electrons.